The summed E-state index contributed by atoms with van der Waals surface area (Å²) >= 11 is 0. The second kappa shape index (κ2) is 4.42. The maximum atomic E-state index is 5.51. The molecule has 0 aliphatic heterocycles. The SMILES string of the molecule is [c]1ccccc1OCc1ccncc1. The van der Waals surface area contributed by atoms with Crippen LogP contribution in [0.25, 0.3) is 0 Å². The molecule has 1 aromatic carbocycles. The van der Waals surface area contributed by atoms with Crippen molar-refractivity contribution in [1.82, 2.24) is 4.98 Å². The standard InChI is InChI=1S/C12H10NO/c1-2-4-12(5-3-1)14-10-11-6-8-13-9-7-11/h1-4,6-9H,10H2. The van der Waals surface area contributed by atoms with E-state index in [1.807, 2.05) is 36.4 Å². The van der Waals surface area contributed by atoms with E-state index in [1.54, 1.807) is 12.4 Å². The van der Waals surface area contributed by atoms with Gasteiger partial charge < -0.3 is 4.74 Å². The average Bonchev–Trinajstić information content (AvgIpc) is 2.29. The second-order valence-corrected chi connectivity index (χ2v) is 2.87. The van der Waals surface area contributed by atoms with Gasteiger partial charge in [-0.3, -0.25) is 4.98 Å². The van der Waals surface area contributed by atoms with Gasteiger partial charge in [-0.2, -0.15) is 0 Å². The van der Waals surface area contributed by atoms with Gasteiger partial charge in [0.1, 0.15) is 12.4 Å². The van der Waals surface area contributed by atoms with Crippen LogP contribution in [0.4, 0.5) is 0 Å². The van der Waals surface area contributed by atoms with Crippen LogP contribution in [0.5, 0.6) is 5.75 Å². The van der Waals surface area contributed by atoms with Gasteiger partial charge in [0.2, 0.25) is 0 Å². The Bertz CT molecular complexity index is 333. The lowest BCUT2D eigenvalue weighted by Gasteiger charge is -2.04. The Morgan fingerprint density at radius 3 is 2.71 bits per heavy atom. The van der Waals surface area contributed by atoms with Gasteiger partial charge in [0.05, 0.1) is 0 Å². The summed E-state index contributed by atoms with van der Waals surface area (Å²) in [5, 5.41) is 0. The molecule has 0 saturated carbocycles. The molecule has 0 atom stereocenters. The van der Waals surface area contributed by atoms with E-state index in [-0.39, 0.29) is 0 Å². The van der Waals surface area contributed by atoms with Crippen molar-refractivity contribution in [3.05, 3.63) is 60.4 Å². The number of hydrogen-bond donors (Lipinski definition) is 0. The number of aromatic nitrogens is 1. The summed E-state index contributed by atoms with van der Waals surface area (Å²) in [6.07, 6.45) is 3.51. The molecule has 0 unspecified atom stereocenters. The fraction of sp³-hybridized carbons (Fsp3) is 0.0833. The molecule has 2 aromatic rings. The highest BCUT2D eigenvalue weighted by Gasteiger charge is 1.93. The molecule has 14 heavy (non-hydrogen) atoms. The lowest BCUT2D eigenvalue weighted by Crippen LogP contribution is -1.94. The first-order valence-electron chi connectivity index (χ1n) is 4.43. The van der Waals surface area contributed by atoms with E-state index in [0.29, 0.717) is 6.61 Å². The Kier molecular flexibility index (Phi) is 2.76. The quantitative estimate of drug-likeness (QED) is 0.731. The first kappa shape index (κ1) is 8.75. The van der Waals surface area contributed by atoms with Gasteiger partial charge in [-0.1, -0.05) is 18.2 Å². The third kappa shape index (κ3) is 2.33. The summed E-state index contributed by atoms with van der Waals surface area (Å²) in [6, 6.07) is 14.4. The van der Waals surface area contributed by atoms with Crippen LogP contribution in [0.1, 0.15) is 5.56 Å². The summed E-state index contributed by atoms with van der Waals surface area (Å²) in [7, 11) is 0. The van der Waals surface area contributed by atoms with Crippen LogP contribution in [0, 0.1) is 6.07 Å². The summed E-state index contributed by atoms with van der Waals surface area (Å²) in [6.45, 7) is 0.559. The number of pyridine rings is 1. The van der Waals surface area contributed by atoms with E-state index in [4.69, 9.17) is 4.74 Å². The number of rotatable bonds is 3. The van der Waals surface area contributed by atoms with E-state index >= 15 is 0 Å². The molecule has 1 aromatic heterocycles. The van der Waals surface area contributed by atoms with Crippen molar-refractivity contribution in [3.8, 4) is 5.75 Å². The molecule has 0 N–H and O–H groups in total. The predicted octanol–water partition coefficient (Wildman–Crippen LogP) is 2.46. The van der Waals surface area contributed by atoms with E-state index in [9.17, 15) is 0 Å². The molecule has 69 valence electrons. The Morgan fingerprint density at radius 1 is 1.14 bits per heavy atom. The number of nitrogens with zero attached hydrogens (tertiary/aromatic N) is 1. The van der Waals surface area contributed by atoms with Gasteiger partial charge in [-0.05, 0) is 23.8 Å². The molecule has 2 nitrogen and oxygen atoms in total. The van der Waals surface area contributed by atoms with Gasteiger partial charge >= 0.3 is 0 Å². The Labute approximate surface area is 83.2 Å². The molecule has 1 radical (unpaired) electrons. The molecule has 1 heterocycles. The topological polar surface area (TPSA) is 22.1 Å². The zero-order chi connectivity index (χ0) is 9.64. The molecule has 0 aliphatic carbocycles. The van der Waals surface area contributed by atoms with Crippen molar-refractivity contribution in [2.75, 3.05) is 0 Å². The zero-order valence-corrected chi connectivity index (χ0v) is 7.68. The van der Waals surface area contributed by atoms with Gasteiger partial charge in [0, 0.05) is 18.5 Å². The van der Waals surface area contributed by atoms with Crippen molar-refractivity contribution in [3.63, 3.8) is 0 Å². The van der Waals surface area contributed by atoms with Gasteiger partial charge in [-0.15, -0.1) is 0 Å². The first-order chi connectivity index (χ1) is 6.95. The van der Waals surface area contributed by atoms with E-state index in [0.717, 1.165) is 11.3 Å². The second-order valence-electron chi connectivity index (χ2n) is 2.87. The van der Waals surface area contributed by atoms with Gasteiger partial charge in [0.15, 0.2) is 0 Å². The van der Waals surface area contributed by atoms with Crippen molar-refractivity contribution in [2.24, 2.45) is 0 Å². The Morgan fingerprint density at radius 2 is 2.00 bits per heavy atom. The summed E-state index contributed by atoms with van der Waals surface area (Å²) in [4.78, 5) is 3.94. The zero-order valence-electron chi connectivity index (χ0n) is 7.68. The van der Waals surface area contributed by atoms with Crippen molar-refractivity contribution in [2.45, 2.75) is 6.61 Å². The van der Waals surface area contributed by atoms with E-state index < -0.39 is 0 Å². The van der Waals surface area contributed by atoms with E-state index in [2.05, 4.69) is 11.1 Å². The van der Waals surface area contributed by atoms with Crippen LogP contribution in [0.2, 0.25) is 0 Å². The highest BCUT2D eigenvalue weighted by molar-refractivity contribution is 5.20. The minimum Gasteiger partial charge on any atom is -0.488 e. The Balaban J connectivity index is 1.96. The van der Waals surface area contributed by atoms with Crippen LogP contribution in [0.15, 0.2) is 48.8 Å². The fourth-order valence-electron chi connectivity index (χ4n) is 1.11. The molecular formula is C12H10NO. The molecule has 2 rings (SSSR count). The summed E-state index contributed by atoms with van der Waals surface area (Å²) in [5.41, 5.74) is 1.11. The predicted molar refractivity (Wildman–Crippen MR) is 53.8 cm³/mol. The normalized spacial score (nSPS) is 9.71. The average molecular weight is 184 g/mol. The third-order valence-electron chi connectivity index (χ3n) is 1.82. The molecule has 0 saturated heterocycles. The van der Waals surface area contributed by atoms with Crippen LogP contribution < -0.4 is 4.74 Å². The monoisotopic (exact) mass is 184 g/mol. The van der Waals surface area contributed by atoms with Crippen LogP contribution in [-0.2, 0) is 6.61 Å². The fourth-order valence-corrected chi connectivity index (χ4v) is 1.11. The van der Waals surface area contributed by atoms with Crippen molar-refractivity contribution in [1.29, 1.82) is 0 Å². The molecule has 0 fully saturated rings. The molecule has 0 aliphatic rings. The third-order valence-corrected chi connectivity index (χ3v) is 1.82. The lowest BCUT2D eigenvalue weighted by molar-refractivity contribution is 0.305. The summed E-state index contributed by atoms with van der Waals surface area (Å²) in [5.74, 6) is 0.768. The largest absolute Gasteiger partial charge is 0.488 e. The number of benzene rings is 1. The smallest absolute Gasteiger partial charge is 0.127 e. The number of ether oxygens (including phenoxy) is 1. The van der Waals surface area contributed by atoms with Crippen molar-refractivity contribution < 1.29 is 4.74 Å². The molecule has 2 heteroatoms. The Hall–Kier alpha value is -1.83. The number of para-hydroxylation sites is 1. The molecule has 0 bridgehead atoms. The minimum absolute atomic E-state index is 0.559. The van der Waals surface area contributed by atoms with Crippen LogP contribution >= 0.6 is 0 Å². The maximum Gasteiger partial charge on any atom is 0.127 e. The number of hydrogen-bond acceptors (Lipinski definition) is 2. The first-order valence-corrected chi connectivity index (χ1v) is 4.43. The molecule has 0 amide bonds. The maximum absolute atomic E-state index is 5.51. The minimum atomic E-state index is 0.559. The lowest BCUT2D eigenvalue weighted by atomic mass is 10.3. The molecular weight excluding hydrogens is 174 g/mol. The van der Waals surface area contributed by atoms with Gasteiger partial charge in [0.25, 0.3) is 0 Å². The highest BCUT2D eigenvalue weighted by atomic mass is 16.5. The highest BCUT2D eigenvalue weighted by Crippen LogP contribution is 2.09. The van der Waals surface area contributed by atoms with E-state index in [1.165, 1.54) is 0 Å². The van der Waals surface area contributed by atoms with Gasteiger partial charge in [-0.25, -0.2) is 0 Å². The van der Waals surface area contributed by atoms with Crippen molar-refractivity contribution >= 4 is 0 Å². The summed E-state index contributed by atoms with van der Waals surface area (Å²) < 4.78 is 5.51. The molecule has 0 spiro atoms. The van der Waals surface area contributed by atoms with Crippen LogP contribution in [-0.4, -0.2) is 4.98 Å². The van der Waals surface area contributed by atoms with Crippen LogP contribution in [0.3, 0.4) is 0 Å².